The predicted octanol–water partition coefficient (Wildman–Crippen LogP) is 3.05. The summed E-state index contributed by atoms with van der Waals surface area (Å²) in [4.78, 5) is 14.0. The molecule has 0 aliphatic heterocycles. The molecule has 7 heteroatoms. The molecule has 0 spiro atoms. The molecular formula is C21H20N2O4S. The summed E-state index contributed by atoms with van der Waals surface area (Å²) in [5.41, 5.74) is 5.19. The normalized spacial score (nSPS) is 11.0. The van der Waals surface area contributed by atoms with Gasteiger partial charge in [-0.1, -0.05) is 60.2 Å². The van der Waals surface area contributed by atoms with Crippen LogP contribution in [-0.4, -0.2) is 20.9 Å². The second-order valence-electron chi connectivity index (χ2n) is 6.15. The minimum absolute atomic E-state index is 0.0656. The largest absolute Gasteiger partial charge is 0.484 e. The van der Waals surface area contributed by atoms with E-state index in [0.717, 1.165) is 16.7 Å². The molecule has 3 aromatic rings. The van der Waals surface area contributed by atoms with E-state index in [2.05, 4.69) is 10.3 Å². The van der Waals surface area contributed by atoms with Crippen LogP contribution in [0.2, 0.25) is 0 Å². The Kier molecular flexibility index (Phi) is 6.08. The molecule has 3 rings (SSSR count). The van der Waals surface area contributed by atoms with Crippen LogP contribution < -0.4 is 15.0 Å². The summed E-state index contributed by atoms with van der Waals surface area (Å²) in [7, 11) is -3.83. The number of carbonyl (C=O) groups is 1. The lowest BCUT2D eigenvalue weighted by atomic mass is 10.1. The molecule has 0 atom stereocenters. The maximum Gasteiger partial charge on any atom is 0.272 e. The van der Waals surface area contributed by atoms with Crippen molar-refractivity contribution in [1.29, 1.82) is 0 Å². The number of ether oxygens (including phenoxy) is 1. The maximum absolute atomic E-state index is 12.1. The van der Waals surface area contributed by atoms with Gasteiger partial charge in [-0.15, -0.1) is 4.83 Å². The van der Waals surface area contributed by atoms with Crippen LogP contribution in [0.3, 0.4) is 0 Å². The fraction of sp³-hybridized carbons (Fsp3) is 0.0952. The van der Waals surface area contributed by atoms with Crippen molar-refractivity contribution in [2.75, 3.05) is 6.61 Å². The van der Waals surface area contributed by atoms with Gasteiger partial charge < -0.3 is 4.74 Å². The lowest BCUT2D eigenvalue weighted by molar-refractivity contribution is -0.123. The van der Waals surface area contributed by atoms with Crippen molar-refractivity contribution in [1.82, 2.24) is 10.3 Å². The van der Waals surface area contributed by atoms with Crippen molar-refractivity contribution < 1.29 is 17.9 Å². The monoisotopic (exact) mass is 396 g/mol. The van der Waals surface area contributed by atoms with Crippen molar-refractivity contribution in [2.45, 2.75) is 11.8 Å². The first-order chi connectivity index (χ1) is 13.4. The number of hydrazine groups is 1. The number of hydrogen-bond donors (Lipinski definition) is 2. The van der Waals surface area contributed by atoms with Gasteiger partial charge in [0.1, 0.15) is 5.75 Å². The van der Waals surface area contributed by atoms with E-state index in [1.807, 2.05) is 49.4 Å². The molecule has 0 bridgehead atoms. The van der Waals surface area contributed by atoms with Gasteiger partial charge in [-0.05, 0) is 42.3 Å². The zero-order chi connectivity index (χ0) is 20.0. The Bertz CT molecular complexity index is 1030. The Morgan fingerprint density at radius 3 is 2.11 bits per heavy atom. The summed E-state index contributed by atoms with van der Waals surface area (Å²) in [6.07, 6.45) is 0. The van der Waals surface area contributed by atoms with Crippen molar-refractivity contribution in [3.05, 3.63) is 84.4 Å². The van der Waals surface area contributed by atoms with Crippen molar-refractivity contribution in [3.63, 3.8) is 0 Å². The van der Waals surface area contributed by atoms with Gasteiger partial charge in [0.05, 0.1) is 4.90 Å². The smallest absolute Gasteiger partial charge is 0.272 e. The lowest BCUT2D eigenvalue weighted by Gasteiger charge is -2.10. The topological polar surface area (TPSA) is 84.5 Å². The third-order valence-corrected chi connectivity index (χ3v) is 5.25. The van der Waals surface area contributed by atoms with Gasteiger partial charge >= 0.3 is 0 Å². The fourth-order valence-corrected chi connectivity index (χ4v) is 3.32. The molecular weight excluding hydrogens is 376 g/mol. The van der Waals surface area contributed by atoms with Crippen LogP contribution in [-0.2, 0) is 14.8 Å². The van der Waals surface area contributed by atoms with Crippen LogP contribution in [0.1, 0.15) is 5.56 Å². The molecule has 2 N–H and O–H groups in total. The molecule has 0 radical (unpaired) electrons. The lowest BCUT2D eigenvalue weighted by Crippen LogP contribution is -2.43. The zero-order valence-corrected chi connectivity index (χ0v) is 16.1. The number of nitrogens with one attached hydrogen (secondary N) is 2. The zero-order valence-electron chi connectivity index (χ0n) is 15.3. The Balaban J connectivity index is 1.51. The minimum atomic E-state index is -3.83. The molecule has 0 aromatic heterocycles. The van der Waals surface area contributed by atoms with Crippen LogP contribution in [0.15, 0.2) is 83.8 Å². The van der Waals surface area contributed by atoms with E-state index in [9.17, 15) is 13.2 Å². The molecule has 1 amide bonds. The molecule has 0 aliphatic rings. The second-order valence-corrected chi connectivity index (χ2v) is 7.83. The second kappa shape index (κ2) is 8.69. The fourth-order valence-electron chi connectivity index (χ4n) is 2.46. The van der Waals surface area contributed by atoms with E-state index in [-0.39, 0.29) is 11.5 Å². The number of sulfonamides is 1. The summed E-state index contributed by atoms with van der Waals surface area (Å²) in [5, 5.41) is 0. The molecule has 6 nitrogen and oxygen atoms in total. The van der Waals surface area contributed by atoms with Gasteiger partial charge in [-0.25, -0.2) is 8.42 Å². The first-order valence-electron chi connectivity index (χ1n) is 8.60. The average Bonchev–Trinajstić information content (AvgIpc) is 2.72. The molecule has 0 fully saturated rings. The number of amides is 1. The van der Waals surface area contributed by atoms with Crippen molar-refractivity contribution in [2.24, 2.45) is 0 Å². The molecule has 0 unspecified atom stereocenters. The first kappa shape index (κ1) is 19.6. The SMILES string of the molecule is Cc1ccc(S(=O)(=O)NNC(=O)COc2ccc(-c3ccccc3)cc2)cc1. The van der Waals surface area contributed by atoms with Crippen LogP contribution in [0.25, 0.3) is 11.1 Å². The summed E-state index contributed by atoms with van der Waals surface area (Å²) in [6, 6.07) is 23.5. The van der Waals surface area contributed by atoms with Crippen molar-refractivity contribution >= 4 is 15.9 Å². The number of hydrogen-bond acceptors (Lipinski definition) is 4. The van der Waals surface area contributed by atoms with Crippen molar-refractivity contribution in [3.8, 4) is 16.9 Å². The summed E-state index contributed by atoms with van der Waals surface area (Å²) in [6.45, 7) is 1.54. The van der Waals surface area contributed by atoms with Gasteiger partial charge in [0.15, 0.2) is 6.61 Å². The minimum Gasteiger partial charge on any atom is -0.484 e. The predicted molar refractivity (Wildman–Crippen MR) is 107 cm³/mol. The quantitative estimate of drug-likeness (QED) is 0.601. The molecule has 0 saturated carbocycles. The molecule has 28 heavy (non-hydrogen) atoms. The van der Waals surface area contributed by atoms with E-state index in [1.165, 1.54) is 12.1 Å². The van der Waals surface area contributed by atoms with Crippen LogP contribution >= 0.6 is 0 Å². The highest BCUT2D eigenvalue weighted by Crippen LogP contribution is 2.21. The van der Waals surface area contributed by atoms with Gasteiger partial charge in [0, 0.05) is 0 Å². The molecule has 0 saturated heterocycles. The summed E-state index contributed by atoms with van der Waals surface area (Å²) in [5.74, 6) is -0.0981. The first-order valence-corrected chi connectivity index (χ1v) is 10.1. The highest BCUT2D eigenvalue weighted by atomic mass is 32.2. The van der Waals surface area contributed by atoms with Gasteiger partial charge in [-0.2, -0.15) is 0 Å². The number of benzene rings is 3. The van der Waals surface area contributed by atoms with Crippen LogP contribution in [0.5, 0.6) is 5.75 Å². The third-order valence-electron chi connectivity index (χ3n) is 3.99. The van der Waals surface area contributed by atoms with Gasteiger partial charge in [0.2, 0.25) is 0 Å². The average molecular weight is 396 g/mol. The maximum atomic E-state index is 12.1. The van der Waals surface area contributed by atoms with Crippen LogP contribution in [0, 0.1) is 6.92 Å². The number of carbonyl (C=O) groups excluding carboxylic acids is 1. The van der Waals surface area contributed by atoms with E-state index < -0.39 is 15.9 Å². The molecule has 3 aromatic carbocycles. The highest BCUT2D eigenvalue weighted by molar-refractivity contribution is 7.89. The van der Waals surface area contributed by atoms with E-state index in [4.69, 9.17) is 4.74 Å². The molecule has 0 aliphatic carbocycles. The Morgan fingerprint density at radius 2 is 1.46 bits per heavy atom. The number of rotatable bonds is 7. The van der Waals surface area contributed by atoms with E-state index in [0.29, 0.717) is 5.75 Å². The van der Waals surface area contributed by atoms with Gasteiger partial charge in [-0.3, -0.25) is 10.2 Å². The number of aryl methyl sites for hydroxylation is 1. The summed E-state index contributed by atoms with van der Waals surface area (Å²) < 4.78 is 29.7. The standard InChI is InChI=1S/C21H20N2O4S/c1-16-7-13-20(14-8-16)28(25,26)23-22-21(24)15-27-19-11-9-18(10-12-19)17-5-3-2-4-6-17/h2-14,23H,15H2,1H3,(H,22,24). The Labute approximate surface area is 164 Å². The highest BCUT2D eigenvalue weighted by Gasteiger charge is 2.15. The Morgan fingerprint density at radius 1 is 0.857 bits per heavy atom. The van der Waals surface area contributed by atoms with Crippen LogP contribution in [0.4, 0.5) is 0 Å². The third kappa shape index (κ3) is 5.18. The summed E-state index contributed by atoms with van der Waals surface area (Å²) >= 11 is 0. The molecule has 0 heterocycles. The van der Waals surface area contributed by atoms with Gasteiger partial charge in [0.25, 0.3) is 15.9 Å². The van der Waals surface area contributed by atoms with E-state index >= 15 is 0 Å². The van der Waals surface area contributed by atoms with E-state index in [1.54, 1.807) is 24.3 Å². The Hall–Kier alpha value is -3.16. The molecule has 144 valence electrons.